The lowest BCUT2D eigenvalue weighted by Gasteiger charge is -2.09. The Balaban J connectivity index is 1.71. The molecule has 7 heteroatoms. The van der Waals surface area contributed by atoms with Crippen molar-refractivity contribution in [3.8, 4) is 0 Å². The van der Waals surface area contributed by atoms with Crippen molar-refractivity contribution in [2.24, 2.45) is 0 Å². The van der Waals surface area contributed by atoms with Gasteiger partial charge in [-0.3, -0.25) is 4.79 Å². The van der Waals surface area contributed by atoms with Gasteiger partial charge in [0, 0.05) is 5.39 Å². The molecule has 0 saturated carbocycles. The number of carbonyl (C=O) groups is 1. The quantitative estimate of drug-likeness (QED) is 0.540. The third kappa shape index (κ3) is 3.75. The van der Waals surface area contributed by atoms with E-state index in [-0.39, 0.29) is 11.7 Å². The Morgan fingerprint density at radius 3 is 2.57 bits per heavy atom. The third-order valence-corrected chi connectivity index (χ3v) is 4.71. The van der Waals surface area contributed by atoms with Gasteiger partial charge in [-0.05, 0) is 18.2 Å². The van der Waals surface area contributed by atoms with Crippen molar-refractivity contribution in [1.29, 1.82) is 0 Å². The minimum Gasteiger partial charge on any atom is -0.323 e. The molecule has 1 heterocycles. The Labute approximate surface area is 147 Å². The summed E-state index contributed by atoms with van der Waals surface area (Å²) in [6.07, 6.45) is 1.49. The molecule has 0 bridgehead atoms. The predicted octanol–water partition coefficient (Wildman–Crippen LogP) is 4.67. The van der Waals surface area contributed by atoms with Crippen molar-refractivity contribution in [3.63, 3.8) is 0 Å². The van der Waals surface area contributed by atoms with Gasteiger partial charge in [0.05, 0.1) is 27.0 Å². The lowest BCUT2D eigenvalue weighted by Crippen LogP contribution is -2.14. The number of nitrogens with zero attached hydrogens (tertiary/aromatic N) is 2. The molecule has 2 aromatic carbocycles. The summed E-state index contributed by atoms with van der Waals surface area (Å²) in [6, 6.07) is 12.7. The number of rotatable bonds is 4. The van der Waals surface area contributed by atoms with Crippen molar-refractivity contribution >= 4 is 57.5 Å². The Bertz CT molecular complexity index is 847. The maximum Gasteiger partial charge on any atom is 0.234 e. The summed E-state index contributed by atoms with van der Waals surface area (Å²) in [4.78, 5) is 20.6. The fourth-order valence-corrected chi connectivity index (χ4v) is 3.30. The van der Waals surface area contributed by atoms with Gasteiger partial charge in [-0.25, -0.2) is 9.97 Å². The third-order valence-electron chi connectivity index (χ3n) is 3.07. The maximum absolute atomic E-state index is 12.1. The molecule has 1 N–H and O–H groups in total. The summed E-state index contributed by atoms with van der Waals surface area (Å²) in [6.45, 7) is 0. The van der Waals surface area contributed by atoms with Crippen LogP contribution in [0.5, 0.6) is 0 Å². The smallest absolute Gasteiger partial charge is 0.234 e. The molecule has 0 spiro atoms. The standard InChI is InChI=1S/C16H11Cl2N3OS/c17-11-5-3-6-12(18)15(11)21-14(22)8-23-16-10-4-1-2-7-13(10)19-9-20-16/h1-7,9H,8H2,(H,21,22). The van der Waals surface area contributed by atoms with E-state index in [1.54, 1.807) is 18.2 Å². The van der Waals surface area contributed by atoms with E-state index in [9.17, 15) is 4.79 Å². The number of halogens is 2. The van der Waals surface area contributed by atoms with Crippen LogP contribution in [-0.2, 0) is 4.79 Å². The highest BCUT2D eigenvalue weighted by Gasteiger charge is 2.11. The van der Waals surface area contributed by atoms with E-state index in [0.717, 1.165) is 15.9 Å². The first-order chi connectivity index (χ1) is 11.1. The number of nitrogens with one attached hydrogen (secondary N) is 1. The number of fused-ring (bicyclic) bond motifs is 1. The van der Waals surface area contributed by atoms with E-state index in [1.165, 1.54) is 18.1 Å². The molecule has 1 aromatic heterocycles. The summed E-state index contributed by atoms with van der Waals surface area (Å²) >= 11 is 13.4. The molecule has 0 atom stereocenters. The normalized spacial score (nSPS) is 10.7. The molecule has 0 radical (unpaired) electrons. The number of thioether (sulfide) groups is 1. The Hall–Kier alpha value is -1.82. The maximum atomic E-state index is 12.1. The fourth-order valence-electron chi connectivity index (χ4n) is 2.02. The molecular formula is C16H11Cl2N3OS. The molecule has 0 aliphatic carbocycles. The lowest BCUT2D eigenvalue weighted by atomic mass is 10.2. The van der Waals surface area contributed by atoms with Crippen LogP contribution in [0, 0.1) is 0 Å². The molecule has 0 aliphatic heterocycles. The second-order valence-corrected chi connectivity index (χ2v) is 6.41. The van der Waals surface area contributed by atoms with Gasteiger partial charge in [-0.1, -0.05) is 59.2 Å². The minimum atomic E-state index is -0.201. The largest absolute Gasteiger partial charge is 0.323 e. The molecule has 0 aliphatic rings. The first-order valence-electron chi connectivity index (χ1n) is 6.71. The number of anilines is 1. The SMILES string of the molecule is O=C(CSc1ncnc2ccccc12)Nc1c(Cl)cccc1Cl. The lowest BCUT2D eigenvalue weighted by molar-refractivity contribution is -0.113. The first kappa shape index (κ1) is 16.1. The second-order valence-electron chi connectivity index (χ2n) is 4.63. The Morgan fingerprint density at radius 2 is 1.78 bits per heavy atom. The van der Waals surface area contributed by atoms with Gasteiger partial charge in [-0.15, -0.1) is 0 Å². The van der Waals surface area contributed by atoms with Gasteiger partial charge in [0.15, 0.2) is 0 Å². The highest BCUT2D eigenvalue weighted by molar-refractivity contribution is 8.00. The topological polar surface area (TPSA) is 54.9 Å². The predicted molar refractivity (Wildman–Crippen MR) is 95.4 cm³/mol. The van der Waals surface area contributed by atoms with Crippen LogP contribution in [0.3, 0.4) is 0 Å². The summed E-state index contributed by atoms with van der Waals surface area (Å²) in [5.74, 6) is -0.00423. The number of hydrogen-bond acceptors (Lipinski definition) is 4. The highest BCUT2D eigenvalue weighted by Crippen LogP contribution is 2.30. The van der Waals surface area contributed by atoms with Gasteiger partial charge in [0.25, 0.3) is 0 Å². The molecule has 1 amide bonds. The number of benzene rings is 2. The zero-order chi connectivity index (χ0) is 16.2. The zero-order valence-electron chi connectivity index (χ0n) is 11.8. The number of carbonyl (C=O) groups excluding carboxylic acids is 1. The summed E-state index contributed by atoms with van der Waals surface area (Å²) in [5.41, 5.74) is 1.27. The number of aromatic nitrogens is 2. The molecule has 4 nitrogen and oxygen atoms in total. The molecule has 0 fully saturated rings. The van der Waals surface area contributed by atoms with Crippen molar-refractivity contribution < 1.29 is 4.79 Å². The van der Waals surface area contributed by atoms with Crippen LogP contribution >= 0.6 is 35.0 Å². The van der Waals surface area contributed by atoms with Crippen molar-refractivity contribution in [2.45, 2.75) is 5.03 Å². The van der Waals surface area contributed by atoms with Crippen molar-refractivity contribution in [3.05, 3.63) is 58.8 Å². The molecule has 116 valence electrons. The van der Waals surface area contributed by atoms with Crippen LogP contribution < -0.4 is 5.32 Å². The Morgan fingerprint density at radius 1 is 1.04 bits per heavy atom. The van der Waals surface area contributed by atoms with E-state index in [4.69, 9.17) is 23.2 Å². The van der Waals surface area contributed by atoms with E-state index in [0.29, 0.717) is 15.7 Å². The van der Waals surface area contributed by atoms with Crippen LogP contribution in [0.2, 0.25) is 10.0 Å². The second kappa shape index (κ2) is 7.17. The molecule has 3 rings (SSSR count). The van der Waals surface area contributed by atoms with Crippen molar-refractivity contribution in [1.82, 2.24) is 9.97 Å². The van der Waals surface area contributed by atoms with Crippen LogP contribution in [0.25, 0.3) is 10.9 Å². The van der Waals surface area contributed by atoms with Gasteiger partial charge in [0.1, 0.15) is 11.4 Å². The van der Waals surface area contributed by atoms with Gasteiger partial charge in [0.2, 0.25) is 5.91 Å². The molecule has 3 aromatic rings. The minimum absolute atomic E-state index is 0.197. The van der Waals surface area contributed by atoms with E-state index in [2.05, 4.69) is 15.3 Å². The average molecular weight is 364 g/mol. The van der Waals surface area contributed by atoms with Crippen LogP contribution in [0.1, 0.15) is 0 Å². The van der Waals surface area contributed by atoms with Crippen LogP contribution in [-0.4, -0.2) is 21.6 Å². The molecule has 0 unspecified atom stereocenters. The number of para-hydroxylation sites is 2. The van der Waals surface area contributed by atoms with E-state index in [1.807, 2.05) is 24.3 Å². The summed E-state index contributed by atoms with van der Waals surface area (Å²) in [5, 5.41) is 5.22. The monoisotopic (exact) mass is 363 g/mol. The van der Waals surface area contributed by atoms with Gasteiger partial charge < -0.3 is 5.32 Å². The van der Waals surface area contributed by atoms with Crippen LogP contribution in [0.15, 0.2) is 53.8 Å². The molecule has 23 heavy (non-hydrogen) atoms. The summed E-state index contributed by atoms with van der Waals surface area (Å²) in [7, 11) is 0. The zero-order valence-corrected chi connectivity index (χ0v) is 14.1. The van der Waals surface area contributed by atoms with Gasteiger partial charge in [-0.2, -0.15) is 0 Å². The van der Waals surface area contributed by atoms with E-state index < -0.39 is 0 Å². The van der Waals surface area contributed by atoms with E-state index >= 15 is 0 Å². The van der Waals surface area contributed by atoms with Crippen molar-refractivity contribution in [2.75, 3.05) is 11.1 Å². The average Bonchev–Trinajstić information content (AvgIpc) is 2.56. The fraction of sp³-hybridized carbons (Fsp3) is 0.0625. The molecular weight excluding hydrogens is 353 g/mol. The number of hydrogen-bond donors (Lipinski definition) is 1. The Kier molecular flexibility index (Phi) is 5.00. The molecule has 0 saturated heterocycles. The van der Waals surface area contributed by atoms with Crippen LogP contribution in [0.4, 0.5) is 5.69 Å². The van der Waals surface area contributed by atoms with Gasteiger partial charge >= 0.3 is 0 Å². The highest BCUT2D eigenvalue weighted by atomic mass is 35.5. The summed E-state index contributed by atoms with van der Waals surface area (Å²) < 4.78 is 0. The number of amides is 1. The first-order valence-corrected chi connectivity index (χ1v) is 8.45.